The van der Waals surface area contributed by atoms with E-state index in [1.807, 2.05) is 0 Å². The first-order valence-electron chi connectivity index (χ1n) is 7.22. The van der Waals surface area contributed by atoms with Crippen molar-refractivity contribution in [1.82, 2.24) is 5.16 Å². The zero-order valence-electron chi connectivity index (χ0n) is 11.8. The molecule has 0 radical (unpaired) electrons. The molecule has 1 heterocycles. The summed E-state index contributed by atoms with van der Waals surface area (Å²) in [5.74, 6) is 5.00. The van der Waals surface area contributed by atoms with Crippen LogP contribution in [0.2, 0.25) is 0 Å². The van der Waals surface area contributed by atoms with E-state index in [9.17, 15) is 0 Å². The monoisotopic (exact) mass is 245 g/mol. The average Bonchev–Trinajstić information content (AvgIpc) is 3.02. The largest absolute Gasteiger partial charge is 0.361 e. The van der Waals surface area contributed by atoms with Crippen molar-refractivity contribution in [2.75, 3.05) is 0 Å². The molecule has 4 unspecified atom stereocenters. The van der Waals surface area contributed by atoms with Gasteiger partial charge in [0.15, 0.2) is 0 Å². The van der Waals surface area contributed by atoms with E-state index in [0.29, 0.717) is 23.7 Å². The molecule has 4 atom stereocenters. The summed E-state index contributed by atoms with van der Waals surface area (Å²) in [6, 6.07) is 2.19. The van der Waals surface area contributed by atoms with Crippen LogP contribution in [-0.2, 0) is 0 Å². The SMILES string of the molecule is CC(C)c1cc(C2C3C=CC(C3)C2C(C)C)on1. The molecule has 1 aromatic rings. The van der Waals surface area contributed by atoms with E-state index in [2.05, 4.69) is 51.1 Å². The second-order valence-corrected chi connectivity index (χ2v) is 6.60. The van der Waals surface area contributed by atoms with Gasteiger partial charge >= 0.3 is 0 Å². The molecule has 0 aliphatic heterocycles. The lowest BCUT2D eigenvalue weighted by atomic mass is 9.75. The van der Waals surface area contributed by atoms with Crippen molar-refractivity contribution in [3.8, 4) is 0 Å². The lowest BCUT2D eigenvalue weighted by molar-refractivity contribution is 0.247. The Morgan fingerprint density at radius 2 is 1.89 bits per heavy atom. The fourth-order valence-electron chi connectivity index (χ4n) is 3.90. The van der Waals surface area contributed by atoms with Gasteiger partial charge < -0.3 is 4.52 Å². The minimum atomic E-state index is 0.453. The van der Waals surface area contributed by atoms with Gasteiger partial charge in [-0.1, -0.05) is 45.0 Å². The summed E-state index contributed by atoms with van der Waals surface area (Å²) in [5.41, 5.74) is 1.10. The van der Waals surface area contributed by atoms with E-state index in [-0.39, 0.29) is 0 Å². The molecule has 18 heavy (non-hydrogen) atoms. The molecule has 2 nitrogen and oxygen atoms in total. The summed E-state index contributed by atoms with van der Waals surface area (Å²) in [6.45, 7) is 9.02. The maximum atomic E-state index is 5.66. The molecule has 98 valence electrons. The Balaban J connectivity index is 1.92. The second kappa shape index (κ2) is 4.25. The molecule has 2 aliphatic carbocycles. The first kappa shape index (κ1) is 12.0. The molecule has 2 bridgehead atoms. The van der Waals surface area contributed by atoms with Crippen LogP contribution >= 0.6 is 0 Å². The van der Waals surface area contributed by atoms with Crippen molar-refractivity contribution in [2.45, 2.75) is 46.0 Å². The van der Waals surface area contributed by atoms with E-state index < -0.39 is 0 Å². The Bertz CT molecular complexity index is 457. The first-order valence-corrected chi connectivity index (χ1v) is 7.22. The summed E-state index contributed by atoms with van der Waals surface area (Å²) >= 11 is 0. The molecule has 0 saturated heterocycles. The number of hydrogen-bond donors (Lipinski definition) is 0. The molecule has 0 N–H and O–H groups in total. The minimum absolute atomic E-state index is 0.453. The van der Waals surface area contributed by atoms with Crippen molar-refractivity contribution in [1.29, 1.82) is 0 Å². The summed E-state index contributed by atoms with van der Waals surface area (Å²) in [6.07, 6.45) is 6.13. The standard InChI is InChI=1S/C16H23NO/c1-9(2)13-8-14(18-17-13)16-12-6-5-11(7-12)15(16)10(3)4/h5-6,8-12,15-16H,7H2,1-4H3. The zero-order chi connectivity index (χ0) is 12.9. The van der Waals surface area contributed by atoms with E-state index in [1.165, 1.54) is 6.42 Å². The zero-order valence-corrected chi connectivity index (χ0v) is 11.8. The molecule has 1 saturated carbocycles. The summed E-state index contributed by atoms with van der Waals surface area (Å²) in [7, 11) is 0. The normalized spacial score (nSPS) is 34.1. The van der Waals surface area contributed by atoms with Crippen LogP contribution < -0.4 is 0 Å². The predicted molar refractivity (Wildman–Crippen MR) is 72.4 cm³/mol. The van der Waals surface area contributed by atoms with E-state index in [4.69, 9.17) is 4.52 Å². The molecular weight excluding hydrogens is 222 g/mol. The van der Waals surface area contributed by atoms with Crippen LogP contribution in [0.1, 0.15) is 57.4 Å². The molecule has 1 aromatic heterocycles. The van der Waals surface area contributed by atoms with Crippen molar-refractivity contribution in [3.63, 3.8) is 0 Å². The number of nitrogens with zero attached hydrogens (tertiary/aromatic N) is 1. The number of rotatable bonds is 3. The molecule has 0 spiro atoms. The molecule has 0 aromatic carbocycles. The van der Waals surface area contributed by atoms with Crippen LogP contribution in [0.25, 0.3) is 0 Å². The smallest absolute Gasteiger partial charge is 0.140 e. The highest BCUT2D eigenvalue weighted by Crippen LogP contribution is 2.55. The number of aromatic nitrogens is 1. The molecule has 0 amide bonds. The van der Waals surface area contributed by atoms with Gasteiger partial charge in [0.05, 0.1) is 5.69 Å². The van der Waals surface area contributed by atoms with Crippen molar-refractivity contribution >= 4 is 0 Å². The number of hydrogen-bond acceptors (Lipinski definition) is 2. The quantitative estimate of drug-likeness (QED) is 0.739. The Labute approximate surface area is 109 Å². The predicted octanol–water partition coefficient (Wildman–Crippen LogP) is 4.36. The Morgan fingerprint density at radius 1 is 1.17 bits per heavy atom. The van der Waals surface area contributed by atoms with E-state index in [1.54, 1.807) is 0 Å². The topological polar surface area (TPSA) is 26.0 Å². The Morgan fingerprint density at radius 3 is 2.50 bits per heavy atom. The van der Waals surface area contributed by atoms with Crippen LogP contribution in [0.3, 0.4) is 0 Å². The molecule has 2 aliphatic rings. The maximum Gasteiger partial charge on any atom is 0.140 e. The highest BCUT2D eigenvalue weighted by Gasteiger charge is 2.47. The van der Waals surface area contributed by atoms with Crippen LogP contribution in [0, 0.1) is 23.7 Å². The van der Waals surface area contributed by atoms with Gasteiger partial charge in [0, 0.05) is 12.0 Å². The Kier molecular flexibility index (Phi) is 2.84. The summed E-state index contributed by atoms with van der Waals surface area (Å²) < 4.78 is 5.66. The van der Waals surface area contributed by atoms with Gasteiger partial charge in [-0.2, -0.15) is 0 Å². The van der Waals surface area contributed by atoms with Gasteiger partial charge in [0.2, 0.25) is 0 Å². The van der Waals surface area contributed by atoms with Gasteiger partial charge in [-0.3, -0.25) is 0 Å². The summed E-state index contributed by atoms with van der Waals surface area (Å²) in [4.78, 5) is 0. The van der Waals surface area contributed by atoms with Crippen LogP contribution in [-0.4, -0.2) is 5.16 Å². The lowest BCUT2D eigenvalue weighted by Crippen LogP contribution is -2.22. The third-order valence-corrected chi connectivity index (χ3v) is 4.76. The maximum absolute atomic E-state index is 5.66. The fraction of sp³-hybridized carbons (Fsp3) is 0.688. The highest BCUT2D eigenvalue weighted by molar-refractivity contribution is 5.25. The molecule has 2 heteroatoms. The van der Waals surface area contributed by atoms with Crippen molar-refractivity contribution in [3.05, 3.63) is 29.7 Å². The Hall–Kier alpha value is -1.05. The third kappa shape index (κ3) is 1.73. The van der Waals surface area contributed by atoms with Gasteiger partial charge in [-0.25, -0.2) is 0 Å². The molecule has 1 fully saturated rings. The van der Waals surface area contributed by atoms with Gasteiger partial charge in [0.25, 0.3) is 0 Å². The second-order valence-electron chi connectivity index (χ2n) is 6.60. The van der Waals surface area contributed by atoms with E-state index in [0.717, 1.165) is 23.3 Å². The molecular formula is C16H23NO. The van der Waals surface area contributed by atoms with Gasteiger partial charge in [0.1, 0.15) is 5.76 Å². The average molecular weight is 245 g/mol. The van der Waals surface area contributed by atoms with E-state index >= 15 is 0 Å². The summed E-state index contributed by atoms with van der Waals surface area (Å²) in [5, 5.41) is 4.24. The number of fused-ring (bicyclic) bond motifs is 2. The van der Waals surface area contributed by atoms with Gasteiger partial charge in [-0.05, 0) is 36.0 Å². The third-order valence-electron chi connectivity index (χ3n) is 4.76. The number of allylic oxidation sites excluding steroid dienone is 2. The first-order chi connectivity index (χ1) is 8.58. The van der Waals surface area contributed by atoms with Crippen LogP contribution in [0.15, 0.2) is 22.7 Å². The molecule has 3 rings (SSSR count). The van der Waals surface area contributed by atoms with Crippen LogP contribution in [0.4, 0.5) is 0 Å². The fourth-order valence-corrected chi connectivity index (χ4v) is 3.90. The van der Waals surface area contributed by atoms with Crippen molar-refractivity contribution < 1.29 is 4.52 Å². The van der Waals surface area contributed by atoms with Crippen LogP contribution in [0.5, 0.6) is 0 Å². The minimum Gasteiger partial charge on any atom is -0.361 e. The highest BCUT2D eigenvalue weighted by atomic mass is 16.5. The van der Waals surface area contributed by atoms with Crippen molar-refractivity contribution in [2.24, 2.45) is 23.7 Å². The lowest BCUT2D eigenvalue weighted by Gasteiger charge is -2.29. The van der Waals surface area contributed by atoms with Gasteiger partial charge in [-0.15, -0.1) is 0 Å².